The summed E-state index contributed by atoms with van der Waals surface area (Å²) in [6, 6.07) is 15.6. The van der Waals surface area contributed by atoms with E-state index in [1.807, 2.05) is 30.3 Å². The molecule has 1 heterocycles. The SMILES string of the molecule is O=C(O)c1ccc(N2C(=O)OCC2c2ccccc2)cc1. The Morgan fingerprint density at radius 2 is 1.76 bits per heavy atom. The molecule has 21 heavy (non-hydrogen) atoms. The van der Waals surface area contributed by atoms with Gasteiger partial charge in [-0.3, -0.25) is 4.90 Å². The number of nitrogens with zero attached hydrogens (tertiary/aromatic N) is 1. The zero-order valence-electron chi connectivity index (χ0n) is 11.1. The van der Waals surface area contributed by atoms with Crippen molar-refractivity contribution in [3.05, 3.63) is 65.7 Å². The lowest BCUT2D eigenvalue weighted by Crippen LogP contribution is -2.27. The summed E-state index contributed by atoms with van der Waals surface area (Å²) in [7, 11) is 0. The first-order valence-corrected chi connectivity index (χ1v) is 6.51. The zero-order chi connectivity index (χ0) is 14.8. The second-order valence-corrected chi connectivity index (χ2v) is 4.73. The highest BCUT2D eigenvalue weighted by molar-refractivity contribution is 5.92. The minimum absolute atomic E-state index is 0.183. The van der Waals surface area contributed by atoms with Gasteiger partial charge in [0.15, 0.2) is 0 Å². The summed E-state index contributed by atoms with van der Waals surface area (Å²) in [5, 5.41) is 8.92. The molecule has 0 aliphatic carbocycles. The summed E-state index contributed by atoms with van der Waals surface area (Å²) in [5.41, 5.74) is 1.78. The molecule has 0 spiro atoms. The topological polar surface area (TPSA) is 66.8 Å². The molecule has 3 rings (SSSR count). The summed E-state index contributed by atoms with van der Waals surface area (Å²) < 4.78 is 5.14. The molecule has 0 aromatic heterocycles. The third kappa shape index (κ3) is 2.45. The maximum atomic E-state index is 12.0. The van der Waals surface area contributed by atoms with Crippen molar-refractivity contribution in [2.24, 2.45) is 0 Å². The van der Waals surface area contributed by atoms with Gasteiger partial charge >= 0.3 is 12.1 Å². The van der Waals surface area contributed by atoms with E-state index in [-0.39, 0.29) is 18.2 Å². The number of anilines is 1. The van der Waals surface area contributed by atoms with Crippen molar-refractivity contribution >= 4 is 17.7 Å². The van der Waals surface area contributed by atoms with Crippen LogP contribution in [0, 0.1) is 0 Å². The lowest BCUT2D eigenvalue weighted by Gasteiger charge is -2.21. The first kappa shape index (κ1) is 13.2. The molecule has 5 heteroatoms. The van der Waals surface area contributed by atoms with Crippen molar-refractivity contribution in [1.82, 2.24) is 0 Å². The molecule has 5 nitrogen and oxygen atoms in total. The average molecular weight is 283 g/mol. The Hall–Kier alpha value is -2.82. The standard InChI is InChI=1S/C16H13NO4/c18-15(19)12-6-8-13(9-7-12)17-14(10-21-16(17)20)11-4-2-1-3-5-11/h1-9,14H,10H2,(H,18,19). The molecule has 0 saturated carbocycles. The van der Waals surface area contributed by atoms with Crippen LogP contribution in [0.3, 0.4) is 0 Å². The van der Waals surface area contributed by atoms with Crippen LogP contribution < -0.4 is 4.90 Å². The van der Waals surface area contributed by atoms with Gasteiger partial charge in [-0.05, 0) is 29.8 Å². The molecule has 0 bridgehead atoms. The minimum atomic E-state index is -0.995. The number of benzene rings is 2. The molecular formula is C16H13NO4. The largest absolute Gasteiger partial charge is 0.478 e. The molecule has 1 unspecified atom stereocenters. The van der Waals surface area contributed by atoms with Gasteiger partial charge in [-0.2, -0.15) is 0 Å². The molecule has 1 aliphatic rings. The number of aromatic carboxylic acids is 1. The van der Waals surface area contributed by atoms with Crippen molar-refractivity contribution in [2.45, 2.75) is 6.04 Å². The molecule has 1 amide bonds. The molecule has 2 aromatic rings. The van der Waals surface area contributed by atoms with Crippen molar-refractivity contribution in [2.75, 3.05) is 11.5 Å². The molecule has 106 valence electrons. The number of cyclic esters (lactones) is 1. The van der Waals surface area contributed by atoms with Crippen LogP contribution in [0.2, 0.25) is 0 Å². The van der Waals surface area contributed by atoms with Crippen LogP contribution in [0.4, 0.5) is 10.5 Å². The predicted octanol–water partition coefficient (Wildman–Crippen LogP) is 3.08. The van der Waals surface area contributed by atoms with Gasteiger partial charge in [0.1, 0.15) is 6.61 Å². The first-order valence-electron chi connectivity index (χ1n) is 6.51. The monoisotopic (exact) mass is 283 g/mol. The highest BCUT2D eigenvalue weighted by atomic mass is 16.6. The number of carbonyl (C=O) groups is 2. The number of carboxylic acid groups (broad SMARTS) is 1. The van der Waals surface area contributed by atoms with Gasteiger partial charge in [0.05, 0.1) is 11.6 Å². The fourth-order valence-corrected chi connectivity index (χ4v) is 2.39. The molecule has 1 fully saturated rings. The lowest BCUT2D eigenvalue weighted by atomic mass is 10.1. The molecule has 1 atom stereocenters. The Kier molecular flexibility index (Phi) is 3.31. The number of hydrogen-bond donors (Lipinski definition) is 1. The van der Waals surface area contributed by atoms with Crippen LogP contribution in [0.25, 0.3) is 0 Å². The van der Waals surface area contributed by atoms with Crippen molar-refractivity contribution in [1.29, 1.82) is 0 Å². The van der Waals surface area contributed by atoms with E-state index in [0.717, 1.165) is 5.56 Å². The van der Waals surface area contributed by atoms with E-state index < -0.39 is 12.1 Å². The second-order valence-electron chi connectivity index (χ2n) is 4.73. The molecule has 0 radical (unpaired) electrons. The smallest absolute Gasteiger partial charge is 0.415 e. The normalized spacial score (nSPS) is 17.6. The molecule has 2 aromatic carbocycles. The first-order chi connectivity index (χ1) is 10.2. The van der Waals surface area contributed by atoms with Gasteiger partial charge in [-0.1, -0.05) is 30.3 Å². The van der Waals surface area contributed by atoms with Gasteiger partial charge in [-0.25, -0.2) is 9.59 Å². The molecular weight excluding hydrogens is 270 g/mol. The van der Waals surface area contributed by atoms with Crippen LogP contribution >= 0.6 is 0 Å². The number of amides is 1. The number of ether oxygens (including phenoxy) is 1. The fraction of sp³-hybridized carbons (Fsp3) is 0.125. The number of rotatable bonds is 3. The second kappa shape index (κ2) is 5.28. The third-order valence-corrected chi connectivity index (χ3v) is 3.45. The van der Waals surface area contributed by atoms with E-state index in [2.05, 4.69) is 0 Å². The number of hydrogen-bond acceptors (Lipinski definition) is 3. The molecule has 1 saturated heterocycles. The van der Waals surface area contributed by atoms with Crippen LogP contribution in [0.15, 0.2) is 54.6 Å². The van der Waals surface area contributed by atoms with E-state index in [0.29, 0.717) is 5.69 Å². The van der Waals surface area contributed by atoms with Crippen LogP contribution in [-0.4, -0.2) is 23.8 Å². The van der Waals surface area contributed by atoms with Gasteiger partial charge < -0.3 is 9.84 Å². The highest BCUT2D eigenvalue weighted by Crippen LogP contribution is 2.32. The van der Waals surface area contributed by atoms with Crippen molar-refractivity contribution < 1.29 is 19.4 Å². The minimum Gasteiger partial charge on any atom is -0.478 e. The van der Waals surface area contributed by atoms with Gasteiger partial charge in [-0.15, -0.1) is 0 Å². The Morgan fingerprint density at radius 1 is 1.10 bits per heavy atom. The van der Waals surface area contributed by atoms with Gasteiger partial charge in [0.2, 0.25) is 0 Å². The zero-order valence-corrected chi connectivity index (χ0v) is 11.1. The Bertz CT molecular complexity index is 666. The van der Waals surface area contributed by atoms with Gasteiger partial charge in [0.25, 0.3) is 0 Å². The summed E-state index contributed by atoms with van der Waals surface area (Å²) in [5.74, 6) is -0.995. The molecule has 1 aliphatic heterocycles. The van der Waals surface area contributed by atoms with E-state index in [9.17, 15) is 9.59 Å². The van der Waals surface area contributed by atoms with Crippen LogP contribution in [0.1, 0.15) is 22.0 Å². The van der Waals surface area contributed by atoms with Crippen LogP contribution in [0.5, 0.6) is 0 Å². The lowest BCUT2D eigenvalue weighted by molar-refractivity contribution is 0.0697. The third-order valence-electron chi connectivity index (χ3n) is 3.45. The fourth-order valence-electron chi connectivity index (χ4n) is 2.39. The quantitative estimate of drug-likeness (QED) is 0.940. The van der Waals surface area contributed by atoms with E-state index in [4.69, 9.17) is 9.84 Å². The summed E-state index contributed by atoms with van der Waals surface area (Å²) in [4.78, 5) is 24.4. The van der Waals surface area contributed by atoms with E-state index >= 15 is 0 Å². The van der Waals surface area contributed by atoms with E-state index in [1.54, 1.807) is 17.0 Å². The number of carboxylic acids is 1. The maximum Gasteiger partial charge on any atom is 0.415 e. The Balaban J connectivity index is 1.94. The Morgan fingerprint density at radius 3 is 2.38 bits per heavy atom. The van der Waals surface area contributed by atoms with Crippen molar-refractivity contribution in [3.8, 4) is 0 Å². The number of carbonyl (C=O) groups excluding carboxylic acids is 1. The highest BCUT2D eigenvalue weighted by Gasteiger charge is 2.35. The molecule has 1 N–H and O–H groups in total. The summed E-state index contributed by atoms with van der Waals surface area (Å²) in [6.07, 6.45) is -0.424. The van der Waals surface area contributed by atoms with Gasteiger partial charge in [0, 0.05) is 5.69 Å². The Labute approximate surface area is 121 Å². The van der Waals surface area contributed by atoms with Crippen LogP contribution in [-0.2, 0) is 4.74 Å². The summed E-state index contributed by atoms with van der Waals surface area (Å²) in [6.45, 7) is 0.281. The van der Waals surface area contributed by atoms with Crippen molar-refractivity contribution in [3.63, 3.8) is 0 Å². The van der Waals surface area contributed by atoms with E-state index in [1.165, 1.54) is 12.1 Å². The predicted molar refractivity (Wildman–Crippen MR) is 76.4 cm³/mol. The maximum absolute atomic E-state index is 12.0. The summed E-state index contributed by atoms with van der Waals surface area (Å²) >= 11 is 0. The average Bonchev–Trinajstić information content (AvgIpc) is 2.90.